The van der Waals surface area contributed by atoms with Gasteiger partial charge in [-0.25, -0.2) is 0 Å². The summed E-state index contributed by atoms with van der Waals surface area (Å²) >= 11 is 0. The third-order valence-electron chi connectivity index (χ3n) is 2.35. The van der Waals surface area contributed by atoms with Crippen molar-refractivity contribution < 1.29 is 9.53 Å². The number of nitrogens with zero attached hydrogens (tertiary/aromatic N) is 1. The van der Waals surface area contributed by atoms with E-state index in [1.807, 2.05) is 24.3 Å². The molecule has 0 aliphatic heterocycles. The van der Waals surface area contributed by atoms with E-state index in [2.05, 4.69) is 0 Å². The fourth-order valence-corrected chi connectivity index (χ4v) is 1.37. The second kappa shape index (κ2) is 6.12. The summed E-state index contributed by atoms with van der Waals surface area (Å²) in [5.74, 6) is 0.0821. The number of carbonyl (C=O) groups is 1. The average molecular weight is 222 g/mol. The summed E-state index contributed by atoms with van der Waals surface area (Å²) < 4.78 is 4.86. The zero-order chi connectivity index (χ0) is 12.0. The van der Waals surface area contributed by atoms with Crippen molar-refractivity contribution in [3.05, 3.63) is 29.8 Å². The summed E-state index contributed by atoms with van der Waals surface area (Å²) in [7, 11) is 3.38. The molecule has 0 saturated heterocycles. The largest absolute Gasteiger partial charge is 0.399 e. The van der Waals surface area contributed by atoms with Gasteiger partial charge in [0.2, 0.25) is 5.91 Å². The summed E-state index contributed by atoms with van der Waals surface area (Å²) in [5.41, 5.74) is 7.39. The molecule has 1 amide bonds. The molecule has 0 unspecified atom stereocenters. The predicted molar refractivity (Wildman–Crippen MR) is 63.8 cm³/mol. The molecule has 0 spiro atoms. The molecule has 0 atom stereocenters. The molecular formula is C12H18N2O2. The molecule has 2 N–H and O–H groups in total. The fraction of sp³-hybridized carbons (Fsp3) is 0.417. The number of anilines is 1. The summed E-state index contributed by atoms with van der Waals surface area (Å²) in [5, 5.41) is 0. The van der Waals surface area contributed by atoms with Gasteiger partial charge in [0.05, 0.1) is 13.0 Å². The van der Waals surface area contributed by atoms with Crippen molar-refractivity contribution in [2.45, 2.75) is 13.0 Å². The molecule has 4 heteroatoms. The van der Waals surface area contributed by atoms with Crippen LogP contribution in [-0.2, 0) is 16.1 Å². The molecule has 4 nitrogen and oxygen atoms in total. The van der Waals surface area contributed by atoms with Crippen LogP contribution in [0.1, 0.15) is 12.0 Å². The lowest BCUT2D eigenvalue weighted by molar-refractivity contribution is -0.131. The highest BCUT2D eigenvalue weighted by Gasteiger charge is 2.08. The monoisotopic (exact) mass is 222 g/mol. The van der Waals surface area contributed by atoms with Crippen molar-refractivity contribution in [1.82, 2.24) is 4.90 Å². The fourth-order valence-electron chi connectivity index (χ4n) is 1.37. The van der Waals surface area contributed by atoms with Crippen molar-refractivity contribution in [1.29, 1.82) is 0 Å². The molecule has 0 fully saturated rings. The van der Waals surface area contributed by atoms with Crippen LogP contribution >= 0.6 is 0 Å². The van der Waals surface area contributed by atoms with Crippen LogP contribution in [0.5, 0.6) is 0 Å². The van der Waals surface area contributed by atoms with E-state index in [-0.39, 0.29) is 5.91 Å². The van der Waals surface area contributed by atoms with Gasteiger partial charge in [0.1, 0.15) is 0 Å². The summed E-state index contributed by atoms with van der Waals surface area (Å²) in [6.45, 7) is 1.06. The average Bonchev–Trinajstić information content (AvgIpc) is 2.29. The second-order valence-corrected chi connectivity index (χ2v) is 3.73. The minimum Gasteiger partial charge on any atom is -0.399 e. The zero-order valence-corrected chi connectivity index (χ0v) is 9.77. The van der Waals surface area contributed by atoms with Crippen LogP contribution in [0.4, 0.5) is 5.69 Å². The number of carbonyl (C=O) groups excluding carboxylic acids is 1. The number of methoxy groups -OCH3 is 1. The Morgan fingerprint density at radius 3 is 2.56 bits per heavy atom. The summed E-state index contributed by atoms with van der Waals surface area (Å²) in [4.78, 5) is 13.3. The van der Waals surface area contributed by atoms with Crippen molar-refractivity contribution in [2.75, 3.05) is 26.5 Å². The Kier molecular flexibility index (Phi) is 4.79. The third kappa shape index (κ3) is 3.90. The number of ether oxygens (including phenoxy) is 1. The molecule has 0 radical (unpaired) electrons. The molecule has 0 aliphatic rings. The standard InChI is InChI=1S/C12H18N2O2/c1-14(12(15)7-8-16-2)9-10-3-5-11(13)6-4-10/h3-6H,7-9,13H2,1-2H3. The minimum atomic E-state index is 0.0821. The number of benzene rings is 1. The third-order valence-corrected chi connectivity index (χ3v) is 2.35. The first-order valence-electron chi connectivity index (χ1n) is 5.21. The second-order valence-electron chi connectivity index (χ2n) is 3.73. The highest BCUT2D eigenvalue weighted by atomic mass is 16.5. The lowest BCUT2D eigenvalue weighted by atomic mass is 10.2. The Morgan fingerprint density at radius 1 is 1.38 bits per heavy atom. The van der Waals surface area contributed by atoms with E-state index >= 15 is 0 Å². The van der Waals surface area contributed by atoms with Gasteiger partial charge in [-0.15, -0.1) is 0 Å². The van der Waals surface area contributed by atoms with Crippen LogP contribution in [0.25, 0.3) is 0 Å². The molecule has 0 aromatic heterocycles. The lowest BCUT2D eigenvalue weighted by Gasteiger charge is -2.17. The van der Waals surface area contributed by atoms with Gasteiger partial charge in [-0.1, -0.05) is 12.1 Å². The number of rotatable bonds is 5. The lowest BCUT2D eigenvalue weighted by Crippen LogP contribution is -2.26. The van der Waals surface area contributed by atoms with Gasteiger partial charge in [0.15, 0.2) is 0 Å². The zero-order valence-electron chi connectivity index (χ0n) is 9.77. The maximum atomic E-state index is 11.6. The van der Waals surface area contributed by atoms with Gasteiger partial charge in [-0.05, 0) is 17.7 Å². The van der Waals surface area contributed by atoms with E-state index < -0.39 is 0 Å². The number of nitrogens with two attached hydrogens (primary N) is 1. The highest BCUT2D eigenvalue weighted by molar-refractivity contribution is 5.75. The van der Waals surface area contributed by atoms with Crippen LogP contribution in [-0.4, -0.2) is 31.6 Å². The Balaban J connectivity index is 2.47. The van der Waals surface area contributed by atoms with Gasteiger partial charge < -0.3 is 15.4 Å². The summed E-state index contributed by atoms with van der Waals surface area (Å²) in [6.07, 6.45) is 0.419. The molecule has 0 heterocycles. The van der Waals surface area contributed by atoms with E-state index in [0.29, 0.717) is 19.6 Å². The van der Waals surface area contributed by atoms with Crippen LogP contribution < -0.4 is 5.73 Å². The predicted octanol–water partition coefficient (Wildman–Crippen LogP) is 1.26. The number of hydrogen-bond donors (Lipinski definition) is 1. The van der Waals surface area contributed by atoms with E-state index in [9.17, 15) is 4.79 Å². The Morgan fingerprint density at radius 2 is 2.00 bits per heavy atom. The van der Waals surface area contributed by atoms with Crippen molar-refractivity contribution in [3.63, 3.8) is 0 Å². The molecule has 0 saturated carbocycles. The maximum absolute atomic E-state index is 11.6. The van der Waals surface area contributed by atoms with E-state index in [4.69, 9.17) is 10.5 Å². The number of amides is 1. The van der Waals surface area contributed by atoms with Crippen molar-refractivity contribution >= 4 is 11.6 Å². The van der Waals surface area contributed by atoms with Gasteiger partial charge in [-0.3, -0.25) is 4.79 Å². The highest BCUT2D eigenvalue weighted by Crippen LogP contribution is 2.08. The molecule has 0 aliphatic carbocycles. The first-order chi connectivity index (χ1) is 7.63. The Hall–Kier alpha value is -1.55. The molecule has 88 valence electrons. The first-order valence-corrected chi connectivity index (χ1v) is 5.21. The topological polar surface area (TPSA) is 55.6 Å². The van der Waals surface area contributed by atoms with Gasteiger partial charge >= 0.3 is 0 Å². The normalized spacial score (nSPS) is 10.1. The first kappa shape index (κ1) is 12.5. The molecular weight excluding hydrogens is 204 g/mol. The van der Waals surface area contributed by atoms with Crippen molar-refractivity contribution in [2.24, 2.45) is 0 Å². The summed E-state index contributed by atoms with van der Waals surface area (Å²) in [6, 6.07) is 7.52. The van der Waals surface area contributed by atoms with Crippen LogP contribution in [0, 0.1) is 0 Å². The SMILES string of the molecule is COCCC(=O)N(C)Cc1ccc(N)cc1. The number of nitrogen functional groups attached to an aromatic ring is 1. The van der Waals surface area contributed by atoms with Crippen molar-refractivity contribution in [3.8, 4) is 0 Å². The van der Waals surface area contributed by atoms with E-state index in [1.54, 1.807) is 19.1 Å². The van der Waals surface area contributed by atoms with Crippen LogP contribution in [0.3, 0.4) is 0 Å². The Labute approximate surface area is 96.0 Å². The quantitative estimate of drug-likeness (QED) is 0.763. The van der Waals surface area contributed by atoms with Gasteiger partial charge in [0.25, 0.3) is 0 Å². The number of hydrogen-bond acceptors (Lipinski definition) is 3. The van der Waals surface area contributed by atoms with E-state index in [0.717, 1.165) is 11.3 Å². The Bertz CT molecular complexity index is 335. The molecule has 1 aromatic carbocycles. The van der Waals surface area contributed by atoms with Crippen LogP contribution in [0.15, 0.2) is 24.3 Å². The molecule has 16 heavy (non-hydrogen) atoms. The smallest absolute Gasteiger partial charge is 0.224 e. The minimum absolute atomic E-state index is 0.0821. The maximum Gasteiger partial charge on any atom is 0.224 e. The van der Waals surface area contributed by atoms with Gasteiger partial charge in [0, 0.05) is 26.4 Å². The molecule has 1 aromatic rings. The van der Waals surface area contributed by atoms with Gasteiger partial charge in [-0.2, -0.15) is 0 Å². The van der Waals surface area contributed by atoms with Crippen LogP contribution in [0.2, 0.25) is 0 Å². The molecule has 0 bridgehead atoms. The molecule has 1 rings (SSSR count). The van der Waals surface area contributed by atoms with E-state index in [1.165, 1.54) is 0 Å².